The van der Waals surface area contributed by atoms with Crippen molar-refractivity contribution in [3.8, 4) is 0 Å². The molecular weight excluding hydrogens is 403 g/mol. The molecule has 1 aromatic carbocycles. The van der Waals surface area contributed by atoms with Gasteiger partial charge in [0.1, 0.15) is 11.7 Å². The predicted molar refractivity (Wildman–Crippen MR) is 91.0 cm³/mol. The fraction of sp³-hybridized carbons (Fsp3) is 0.214. The Bertz CT molecular complexity index is 709. The number of aromatic nitrogens is 2. The van der Waals surface area contributed by atoms with Gasteiger partial charge in [-0.1, -0.05) is 13.0 Å². The van der Waals surface area contributed by atoms with Gasteiger partial charge in [0.05, 0.1) is 6.20 Å². The van der Waals surface area contributed by atoms with Gasteiger partial charge in [-0.2, -0.15) is 4.98 Å². The Morgan fingerprint density at radius 2 is 2.29 bits per heavy atom. The van der Waals surface area contributed by atoms with Crippen molar-refractivity contribution in [2.75, 3.05) is 10.2 Å². The van der Waals surface area contributed by atoms with E-state index in [1.54, 1.807) is 0 Å². The summed E-state index contributed by atoms with van der Waals surface area (Å²) in [6.07, 6.45) is 2.20. The maximum Gasteiger partial charge on any atom is 0.247 e. The van der Waals surface area contributed by atoms with Gasteiger partial charge in [-0.25, -0.2) is 4.98 Å². The van der Waals surface area contributed by atoms with Crippen molar-refractivity contribution in [1.82, 2.24) is 9.97 Å². The maximum absolute atomic E-state index is 12.3. The SMILES string of the molecule is CCC1C(=O)Nc2cnc(Cl)nc2N1c1cccc(I)c1. The van der Waals surface area contributed by atoms with Gasteiger partial charge in [-0.05, 0) is 58.8 Å². The van der Waals surface area contributed by atoms with Crippen molar-refractivity contribution >= 4 is 57.3 Å². The van der Waals surface area contributed by atoms with Gasteiger partial charge < -0.3 is 10.2 Å². The van der Waals surface area contributed by atoms with Gasteiger partial charge in [0.15, 0.2) is 5.82 Å². The zero-order valence-corrected chi connectivity index (χ0v) is 14.1. The average molecular weight is 415 g/mol. The molecule has 1 aliphatic heterocycles. The third-order valence-electron chi connectivity index (χ3n) is 3.31. The molecule has 1 atom stereocenters. The number of hydrogen-bond donors (Lipinski definition) is 1. The second kappa shape index (κ2) is 5.76. The summed E-state index contributed by atoms with van der Waals surface area (Å²) in [5.74, 6) is 0.568. The van der Waals surface area contributed by atoms with Gasteiger partial charge >= 0.3 is 0 Å². The molecular formula is C14H12ClIN4O. The van der Waals surface area contributed by atoms with Crippen LogP contribution in [0.2, 0.25) is 5.28 Å². The molecule has 1 unspecified atom stereocenters. The molecule has 1 aliphatic rings. The molecule has 2 aromatic rings. The highest BCUT2D eigenvalue weighted by atomic mass is 127. The summed E-state index contributed by atoms with van der Waals surface area (Å²) in [6, 6.07) is 7.62. The van der Waals surface area contributed by atoms with E-state index in [2.05, 4.69) is 37.9 Å². The number of rotatable bonds is 2. The van der Waals surface area contributed by atoms with E-state index in [9.17, 15) is 4.79 Å². The molecule has 7 heteroatoms. The van der Waals surface area contributed by atoms with Crippen molar-refractivity contribution in [2.24, 2.45) is 0 Å². The molecule has 0 saturated heterocycles. The summed E-state index contributed by atoms with van der Waals surface area (Å²) in [4.78, 5) is 22.5. The summed E-state index contributed by atoms with van der Waals surface area (Å²) < 4.78 is 1.09. The molecule has 0 saturated carbocycles. The Labute approximate surface area is 140 Å². The van der Waals surface area contributed by atoms with Crippen LogP contribution in [0.1, 0.15) is 13.3 Å². The molecule has 5 nitrogen and oxygen atoms in total. The van der Waals surface area contributed by atoms with Gasteiger partial charge in [-0.15, -0.1) is 0 Å². The van der Waals surface area contributed by atoms with Crippen LogP contribution >= 0.6 is 34.2 Å². The highest BCUT2D eigenvalue weighted by molar-refractivity contribution is 14.1. The number of carbonyl (C=O) groups excluding carboxylic acids is 1. The molecule has 0 fully saturated rings. The first kappa shape index (κ1) is 14.5. The van der Waals surface area contributed by atoms with Crippen LogP contribution in [-0.4, -0.2) is 21.9 Å². The van der Waals surface area contributed by atoms with Crippen molar-refractivity contribution in [2.45, 2.75) is 19.4 Å². The minimum Gasteiger partial charge on any atom is -0.320 e. The Kier molecular flexibility index (Phi) is 3.99. The fourth-order valence-electron chi connectivity index (χ4n) is 2.40. The van der Waals surface area contributed by atoms with E-state index in [0.29, 0.717) is 17.9 Å². The fourth-order valence-corrected chi connectivity index (χ4v) is 3.06. The van der Waals surface area contributed by atoms with E-state index >= 15 is 0 Å². The van der Waals surface area contributed by atoms with Crippen LogP contribution in [0.25, 0.3) is 0 Å². The molecule has 0 radical (unpaired) electrons. The molecule has 0 bridgehead atoms. The monoisotopic (exact) mass is 414 g/mol. The van der Waals surface area contributed by atoms with Gasteiger partial charge in [0.2, 0.25) is 11.2 Å². The number of carbonyl (C=O) groups is 1. The number of amides is 1. The lowest BCUT2D eigenvalue weighted by atomic mass is 10.1. The predicted octanol–water partition coefficient (Wildman–Crippen LogP) is 3.60. The number of nitrogens with one attached hydrogen (secondary N) is 1. The second-order valence-electron chi connectivity index (χ2n) is 4.64. The number of anilines is 3. The van der Waals surface area contributed by atoms with E-state index in [0.717, 1.165) is 9.26 Å². The quantitative estimate of drug-likeness (QED) is 0.602. The lowest BCUT2D eigenvalue weighted by Crippen LogP contribution is -2.45. The van der Waals surface area contributed by atoms with Crippen LogP contribution in [0.3, 0.4) is 0 Å². The average Bonchev–Trinajstić information content (AvgIpc) is 2.46. The molecule has 0 aliphatic carbocycles. The van der Waals surface area contributed by atoms with Crippen LogP contribution in [0.5, 0.6) is 0 Å². The Morgan fingerprint density at radius 1 is 1.48 bits per heavy atom. The van der Waals surface area contributed by atoms with Gasteiger partial charge in [0.25, 0.3) is 0 Å². The van der Waals surface area contributed by atoms with E-state index in [1.165, 1.54) is 6.20 Å². The maximum atomic E-state index is 12.3. The first-order valence-electron chi connectivity index (χ1n) is 6.48. The molecule has 21 heavy (non-hydrogen) atoms. The smallest absolute Gasteiger partial charge is 0.247 e. The zero-order valence-electron chi connectivity index (χ0n) is 11.2. The number of fused-ring (bicyclic) bond motifs is 1. The number of halogens is 2. The lowest BCUT2D eigenvalue weighted by Gasteiger charge is -2.36. The van der Waals surface area contributed by atoms with Crippen molar-refractivity contribution in [3.63, 3.8) is 0 Å². The minimum atomic E-state index is -0.318. The Hall–Kier alpha value is -1.41. The first-order valence-corrected chi connectivity index (χ1v) is 7.94. The van der Waals surface area contributed by atoms with Crippen LogP contribution in [0, 0.1) is 3.57 Å². The topological polar surface area (TPSA) is 58.1 Å². The highest BCUT2D eigenvalue weighted by Crippen LogP contribution is 2.37. The molecule has 0 spiro atoms. The largest absolute Gasteiger partial charge is 0.320 e. The summed E-state index contributed by atoms with van der Waals surface area (Å²) in [5, 5.41) is 3.00. The summed E-state index contributed by atoms with van der Waals surface area (Å²) in [7, 11) is 0. The molecule has 1 aromatic heterocycles. The third-order valence-corrected chi connectivity index (χ3v) is 4.17. The second-order valence-corrected chi connectivity index (χ2v) is 6.22. The normalized spacial score (nSPS) is 17.4. The third kappa shape index (κ3) is 2.69. The molecule has 2 heterocycles. The summed E-state index contributed by atoms with van der Waals surface area (Å²) >= 11 is 8.17. The van der Waals surface area contributed by atoms with E-state index < -0.39 is 0 Å². The lowest BCUT2D eigenvalue weighted by molar-refractivity contribution is -0.117. The van der Waals surface area contributed by atoms with Crippen LogP contribution < -0.4 is 10.2 Å². The van der Waals surface area contributed by atoms with E-state index in [4.69, 9.17) is 11.6 Å². The summed E-state index contributed by atoms with van der Waals surface area (Å²) in [5.41, 5.74) is 1.49. The number of hydrogen-bond acceptors (Lipinski definition) is 4. The van der Waals surface area contributed by atoms with Crippen LogP contribution in [0.4, 0.5) is 17.2 Å². The Balaban J connectivity index is 2.19. The molecule has 3 rings (SSSR count). The number of benzene rings is 1. The zero-order chi connectivity index (χ0) is 15.0. The van der Waals surface area contributed by atoms with Crippen LogP contribution in [0.15, 0.2) is 30.5 Å². The standard InChI is InChI=1S/C14H12ClIN4O/c1-2-11-13(21)18-10-7-17-14(15)19-12(10)20(11)9-5-3-4-8(16)6-9/h3-7,11H,2H2,1H3,(H,18,21). The number of nitrogens with zero attached hydrogens (tertiary/aromatic N) is 3. The van der Waals surface area contributed by atoms with E-state index in [1.807, 2.05) is 36.1 Å². The molecule has 108 valence electrons. The van der Waals surface area contributed by atoms with Gasteiger partial charge in [-0.3, -0.25) is 4.79 Å². The van der Waals surface area contributed by atoms with Gasteiger partial charge in [0, 0.05) is 9.26 Å². The van der Waals surface area contributed by atoms with E-state index in [-0.39, 0.29) is 17.2 Å². The minimum absolute atomic E-state index is 0.0604. The molecule has 1 N–H and O–H groups in total. The van der Waals surface area contributed by atoms with Crippen molar-refractivity contribution in [3.05, 3.63) is 39.3 Å². The highest BCUT2D eigenvalue weighted by Gasteiger charge is 2.34. The van der Waals surface area contributed by atoms with Crippen LogP contribution in [-0.2, 0) is 4.79 Å². The molecule has 1 amide bonds. The Morgan fingerprint density at radius 3 is 3.00 bits per heavy atom. The summed E-state index contributed by atoms with van der Waals surface area (Å²) in [6.45, 7) is 1.97. The first-order chi connectivity index (χ1) is 10.1. The van der Waals surface area contributed by atoms with Crippen molar-refractivity contribution in [1.29, 1.82) is 0 Å². The van der Waals surface area contributed by atoms with Crippen molar-refractivity contribution < 1.29 is 4.79 Å².